The molecule has 2 saturated carbocycles. The molecule has 14 heavy (non-hydrogen) atoms. The minimum absolute atomic E-state index is 0.133. The Balaban J connectivity index is 1.54. The quantitative estimate of drug-likeness (QED) is 0.621. The Hall–Kier alpha value is -0.120. The predicted molar refractivity (Wildman–Crippen MR) is 55.1 cm³/mol. The van der Waals surface area contributed by atoms with Gasteiger partial charge in [-0.2, -0.15) is 0 Å². The number of fused-ring (bicyclic) bond motifs is 2. The number of hydrogen-bond acceptors (Lipinski definition) is 3. The van der Waals surface area contributed by atoms with Crippen LogP contribution in [0.25, 0.3) is 0 Å². The molecule has 0 spiro atoms. The van der Waals surface area contributed by atoms with Crippen molar-refractivity contribution in [2.24, 2.45) is 11.8 Å². The van der Waals surface area contributed by atoms with Gasteiger partial charge in [0.25, 0.3) is 0 Å². The summed E-state index contributed by atoms with van der Waals surface area (Å²) in [6, 6.07) is 0.756. The highest BCUT2D eigenvalue weighted by molar-refractivity contribution is 4.93. The molecule has 3 atom stereocenters. The molecule has 2 aliphatic rings. The molecule has 0 aromatic heterocycles. The van der Waals surface area contributed by atoms with Crippen molar-refractivity contribution >= 4 is 0 Å². The van der Waals surface area contributed by atoms with Crippen molar-refractivity contribution in [3.63, 3.8) is 0 Å². The normalized spacial score (nSPS) is 35.4. The lowest BCUT2D eigenvalue weighted by molar-refractivity contribution is 0.0914. The first-order chi connectivity index (χ1) is 6.90. The van der Waals surface area contributed by atoms with E-state index in [0.717, 1.165) is 31.0 Å². The molecular formula is C11H21NO2. The molecule has 2 aliphatic carbocycles. The lowest BCUT2D eigenvalue weighted by Crippen LogP contribution is -2.36. The lowest BCUT2D eigenvalue weighted by atomic mass is 9.95. The van der Waals surface area contributed by atoms with E-state index in [-0.39, 0.29) is 6.61 Å². The molecule has 0 aromatic rings. The van der Waals surface area contributed by atoms with Gasteiger partial charge < -0.3 is 15.2 Å². The molecule has 82 valence electrons. The predicted octanol–water partition coefficient (Wildman–Crippen LogP) is 0.773. The van der Waals surface area contributed by atoms with E-state index in [2.05, 4.69) is 5.32 Å². The number of hydrogen-bond donors (Lipinski definition) is 2. The number of nitrogens with one attached hydrogen (secondary N) is 1. The molecular weight excluding hydrogens is 178 g/mol. The summed E-state index contributed by atoms with van der Waals surface area (Å²) < 4.78 is 5.21. The molecule has 0 amide bonds. The second-order valence-electron chi connectivity index (χ2n) is 4.57. The number of rotatable bonds is 6. The fourth-order valence-electron chi connectivity index (χ4n) is 2.98. The third kappa shape index (κ3) is 2.47. The average molecular weight is 199 g/mol. The number of ether oxygens (including phenoxy) is 1. The Morgan fingerprint density at radius 1 is 1.21 bits per heavy atom. The van der Waals surface area contributed by atoms with E-state index in [0.29, 0.717) is 6.61 Å². The van der Waals surface area contributed by atoms with Crippen LogP contribution in [0.5, 0.6) is 0 Å². The summed E-state index contributed by atoms with van der Waals surface area (Å²) in [7, 11) is 0. The largest absolute Gasteiger partial charge is 0.394 e. The van der Waals surface area contributed by atoms with E-state index in [9.17, 15) is 0 Å². The van der Waals surface area contributed by atoms with Crippen LogP contribution in [-0.2, 0) is 4.74 Å². The van der Waals surface area contributed by atoms with Crippen molar-refractivity contribution in [2.75, 3.05) is 26.4 Å². The summed E-state index contributed by atoms with van der Waals surface area (Å²) in [5, 5.41) is 12.1. The summed E-state index contributed by atoms with van der Waals surface area (Å²) in [4.78, 5) is 0. The molecule has 0 aliphatic heterocycles. The second kappa shape index (κ2) is 5.10. The van der Waals surface area contributed by atoms with Crippen LogP contribution in [0.4, 0.5) is 0 Å². The maximum Gasteiger partial charge on any atom is 0.0698 e. The van der Waals surface area contributed by atoms with Gasteiger partial charge in [-0.3, -0.25) is 0 Å². The van der Waals surface area contributed by atoms with Gasteiger partial charge in [-0.25, -0.2) is 0 Å². The van der Waals surface area contributed by atoms with Gasteiger partial charge in [0.1, 0.15) is 0 Å². The fraction of sp³-hybridized carbons (Fsp3) is 1.00. The molecule has 0 unspecified atom stereocenters. The van der Waals surface area contributed by atoms with E-state index in [4.69, 9.17) is 9.84 Å². The third-order valence-electron chi connectivity index (χ3n) is 3.63. The standard InChI is InChI=1S/C11H21NO2/c13-4-6-14-5-3-12-11-8-9-1-2-10(11)7-9/h9-13H,1-8H2/t9-,10-,11+/m0/s1. The third-order valence-corrected chi connectivity index (χ3v) is 3.63. The highest BCUT2D eigenvalue weighted by Crippen LogP contribution is 2.44. The first kappa shape index (κ1) is 10.4. The maximum absolute atomic E-state index is 8.52. The summed E-state index contributed by atoms with van der Waals surface area (Å²) >= 11 is 0. The molecule has 3 heteroatoms. The summed E-state index contributed by atoms with van der Waals surface area (Å²) in [5.41, 5.74) is 0. The average Bonchev–Trinajstić information content (AvgIpc) is 2.79. The zero-order valence-electron chi connectivity index (χ0n) is 8.74. The van der Waals surface area contributed by atoms with E-state index in [1.165, 1.54) is 25.7 Å². The first-order valence-electron chi connectivity index (χ1n) is 5.82. The highest BCUT2D eigenvalue weighted by Gasteiger charge is 2.38. The van der Waals surface area contributed by atoms with Gasteiger partial charge in [0.05, 0.1) is 19.8 Å². The van der Waals surface area contributed by atoms with Gasteiger partial charge in [-0.05, 0) is 31.1 Å². The minimum atomic E-state index is 0.133. The molecule has 0 aromatic carbocycles. The molecule has 2 rings (SSSR count). The molecule has 0 radical (unpaired) electrons. The summed E-state index contributed by atoms with van der Waals surface area (Å²) in [6.07, 6.45) is 5.73. The Bertz CT molecular complexity index is 175. The lowest BCUT2D eigenvalue weighted by Gasteiger charge is -2.22. The Labute approximate surface area is 85.8 Å². The van der Waals surface area contributed by atoms with Crippen molar-refractivity contribution in [2.45, 2.75) is 31.7 Å². The smallest absolute Gasteiger partial charge is 0.0698 e. The Morgan fingerprint density at radius 2 is 2.14 bits per heavy atom. The van der Waals surface area contributed by atoms with Gasteiger partial charge >= 0.3 is 0 Å². The molecule has 0 saturated heterocycles. The number of aliphatic hydroxyl groups excluding tert-OH is 1. The summed E-state index contributed by atoms with van der Waals surface area (Å²) in [5.74, 6) is 1.95. The fourth-order valence-corrected chi connectivity index (χ4v) is 2.98. The van der Waals surface area contributed by atoms with Crippen LogP contribution in [0, 0.1) is 11.8 Å². The van der Waals surface area contributed by atoms with Gasteiger partial charge in [0, 0.05) is 12.6 Å². The van der Waals surface area contributed by atoms with Crippen LogP contribution in [-0.4, -0.2) is 37.5 Å². The monoisotopic (exact) mass is 199 g/mol. The van der Waals surface area contributed by atoms with Gasteiger partial charge in [-0.15, -0.1) is 0 Å². The van der Waals surface area contributed by atoms with Crippen LogP contribution in [0.2, 0.25) is 0 Å². The molecule has 2 bridgehead atoms. The first-order valence-corrected chi connectivity index (χ1v) is 5.82. The highest BCUT2D eigenvalue weighted by atomic mass is 16.5. The van der Waals surface area contributed by atoms with E-state index in [1.54, 1.807) is 0 Å². The summed E-state index contributed by atoms with van der Waals surface area (Å²) in [6.45, 7) is 2.27. The Morgan fingerprint density at radius 3 is 2.79 bits per heavy atom. The SMILES string of the molecule is OCCOCCN[C@@H]1C[C@H]2CC[C@H]1C2. The molecule has 2 fully saturated rings. The number of aliphatic hydroxyl groups is 1. The topological polar surface area (TPSA) is 41.5 Å². The molecule has 3 nitrogen and oxygen atoms in total. The van der Waals surface area contributed by atoms with Crippen LogP contribution < -0.4 is 5.32 Å². The van der Waals surface area contributed by atoms with Crippen molar-refractivity contribution in [1.82, 2.24) is 5.32 Å². The zero-order valence-corrected chi connectivity index (χ0v) is 8.74. The Kier molecular flexibility index (Phi) is 3.79. The van der Waals surface area contributed by atoms with Crippen LogP contribution >= 0.6 is 0 Å². The van der Waals surface area contributed by atoms with Crippen LogP contribution in [0.1, 0.15) is 25.7 Å². The van der Waals surface area contributed by atoms with Crippen molar-refractivity contribution < 1.29 is 9.84 Å². The van der Waals surface area contributed by atoms with Crippen molar-refractivity contribution in [3.05, 3.63) is 0 Å². The van der Waals surface area contributed by atoms with Gasteiger partial charge in [0.2, 0.25) is 0 Å². The van der Waals surface area contributed by atoms with Crippen molar-refractivity contribution in [3.8, 4) is 0 Å². The van der Waals surface area contributed by atoms with Crippen LogP contribution in [0.3, 0.4) is 0 Å². The van der Waals surface area contributed by atoms with E-state index >= 15 is 0 Å². The minimum Gasteiger partial charge on any atom is -0.394 e. The van der Waals surface area contributed by atoms with Crippen molar-refractivity contribution in [1.29, 1.82) is 0 Å². The van der Waals surface area contributed by atoms with Gasteiger partial charge in [-0.1, -0.05) is 6.42 Å². The molecule has 2 N–H and O–H groups in total. The van der Waals surface area contributed by atoms with E-state index in [1.807, 2.05) is 0 Å². The zero-order chi connectivity index (χ0) is 9.80. The van der Waals surface area contributed by atoms with Gasteiger partial charge in [0.15, 0.2) is 0 Å². The maximum atomic E-state index is 8.52. The molecule has 0 heterocycles. The second-order valence-corrected chi connectivity index (χ2v) is 4.57. The van der Waals surface area contributed by atoms with E-state index < -0.39 is 0 Å². The van der Waals surface area contributed by atoms with Crippen LogP contribution in [0.15, 0.2) is 0 Å².